The van der Waals surface area contributed by atoms with Gasteiger partial charge in [0.05, 0.1) is 12.1 Å². The first-order valence-electron chi connectivity index (χ1n) is 14.8. The molecule has 0 unspecified atom stereocenters. The molecule has 2 atom stereocenters. The van der Waals surface area contributed by atoms with Crippen LogP contribution in [0, 0.1) is 11.7 Å². The van der Waals surface area contributed by atoms with E-state index >= 15 is 0 Å². The standard InChI is InChI=1S/C32H34BrFN6O4S/c33-31-36-16-24(45-31)17-38-13-10-25(26(18-38)21-4-2-1-3-5-21)29(41)39-14-11-32(43,12-15-39)19-40-20-37-28(27(35)30(40)42)44-23-8-6-22(34)7-9-23/h1-9,16,20,25-26,43H,10-15,17-19,35H2/t25-,26+/m1/s1. The van der Waals surface area contributed by atoms with Crippen molar-refractivity contribution in [3.05, 3.63) is 97.6 Å². The predicted octanol–water partition coefficient (Wildman–Crippen LogP) is 4.64. The van der Waals surface area contributed by atoms with E-state index in [1.165, 1.54) is 40.0 Å². The summed E-state index contributed by atoms with van der Waals surface area (Å²) in [6.45, 7) is 3.13. The van der Waals surface area contributed by atoms with Crippen LogP contribution in [0.4, 0.5) is 10.1 Å². The van der Waals surface area contributed by atoms with Gasteiger partial charge in [-0.15, -0.1) is 11.3 Å². The molecular weight excluding hydrogens is 663 g/mol. The van der Waals surface area contributed by atoms with Crippen molar-refractivity contribution < 1.29 is 19.0 Å². The molecule has 0 spiro atoms. The maximum Gasteiger partial charge on any atom is 0.280 e. The SMILES string of the molecule is Nc1c(Oc2ccc(F)cc2)ncn(CC2(O)CCN(C(=O)[C@@H]3CCN(Cc4cnc(Br)s4)C[C@H]3c3ccccc3)CC2)c1=O. The number of piperidine rings is 2. The minimum atomic E-state index is -1.21. The van der Waals surface area contributed by atoms with Crippen LogP contribution >= 0.6 is 27.3 Å². The van der Waals surface area contributed by atoms with Crippen molar-refractivity contribution in [2.75, 3.05) is 31.9 Å². The Kier molecular flexibility index (Phi) is 9.31. The fourth-order valence-electron chi connectivity index (χ4n) is 6.23. The zero-order valence-electron chi connectivity index (χ0n) is 24.5. The Balaban J connectivity index is 1.10. The molecule has 0 aliphatic carbocycles. The van der Waals surface area contributed by atoms with E-state index < -0.39 is 17.0 Å². The summed E-state index contributed by atoms with van der Waals surface area (Å²) in [6, 6.07) is 15.5. The average molecular weight is 698 g/mol. The number of nitrogens with zero attached hydrogens (tertiary/aromatic N) is 5. The van der Waals surface area contributed by atoms with Gasteiger partial charge in [-0.1, -0.05) is 30.3 Å². The van der Waals surface area contributed by atoms with Crippen LogP contribution in [0.25, 0.3) is 0 Å². The number of halogens is 2. The number of amides is 1. The summed E-state index contributed by atoms with van der Waals surface area (Å²) in [6.07, 6.45) is 4.55. The highest BCUT2D eigenvalue weighted by Gasteiger charge is 2.41. The zero-order valence-corrected chi connectivity index (χ0v) is 26.9. The molecule has 236 valence electrons. The van der Waals surface area contributed by atoms with Crippen molar-refractivity contribution >= 4 is 38.9 Å². The van der Waals surface area contributed by atoms with Gasteiger partial charge in [-0.3, -0.25) is 19.1 Å². The molecule has 4 heterocycles. The number of rotatable bonds is 8. The summed E-state index contributed by atoms with van der Waals surface area (Å²) in [5.74, 6) is -0.226. The van der Waals surface area contributed by atoms with E-state index in [9.17, 15) is 19.1 Å². The first-order valence-corrected chi connectivity index (χ1v) is 16.5. The third-order valence-electron chi connectivity index (χ3n) is 8.68. The zero-order chi connectivity index (χ0) is 31.6. The molecule has 2 aliphatic rings. The molecule has 0 bridgehead atoms. The number of aromatic nitrogens is 3. The number of thiazole rings is 1. The number of anilines is 1. The molecule has 3 N–H and O–H groups in total. The number of carbonyl (C=O) groups excluding carboxylic acids is 1. The van der Waals surface area contributed by atoms with Gasteiger partial charge in [0.1, 0.15) is 17.9 Å². The molecule has 6 rings (SSSR count). The molecular formula is C32H34BrFN6O4S. The minimum absolute atomic E-state index is 0.0133. The Morgan fingerprint density at radius 2 is 1.84 bits per heavy atom. The van der Waals surface area contributed by atoms with Crippen molar-refractivity contribution in [2.24, 2.45) is 5.92 Å². The van der Waals surface area contributed by atoms with Gasteiger partial charge in [0.25, 0.3) is 5.56 Å². The molecule has 4 aromatic rings. The highest BCUT2D eigenvalue weighted by molar-refractivity contribution is 9.11. The number of hydrogen-bond acceptors (Lipinski definition) is 9. The van der Waals surface area contributed by atoms with Gasteiger partial charge in [-0.25, -0.2) is 14.4 Å². The van der Waals surface area contributed by atoms with Gasteiger partial charge in [0.2, 0.25) is 11.8 Å². The number of carbonyl (C=O) groups is 1. The second-order valence-corrected chi connectivity index (χ2v) is 14.1. The van der Waals surface area contributed by atoms with E-state index in [-0.39, 0.29) is 41.6 Å². The number of nitrogens with two attached hydrogens (primary N) is 1. The summed E-state index contributed by atoms with van der Waals surface area (Å²) >= 11 is 5.07. The molecule has 13 heteroatoms. The molecule has 10 nitrogen and oxygen atoms in total. The van der Waals surface area contributed by atoms with Crippen molar-refractivity contribution in [3.8, 4) is 11.6 Å². The molecule has 2 fully saturated rings. The molecule has 2 saturated heterocycles. The van der Waals surface area contributed by atoms with Crippen LogP contribution in [0.3, 0.4) is 0 Å². The van der Waals surface area contributed by atoms with Crippen LogP contribution in [0.5, 0.6) is 11.6 Å². The lowest BCUT2D eigenvalue weighted by Crippen LogP contribution is -2.53. The van der Waals surface area contributed by atoms with Crippen molar-refractivity contribution in [1.29, 1.82) is 0 Å². The molecule has 2 aromatic carbocycles. The van der Waals surface area contributed by atoms with Gasteiger partial charge >= 0.3 is 0 Å². The minimum Gasteiger partial charge on any atom is -0.437 e. The summed E-state index contributed by atoms with van der Waals surface area (Å²) in [5.41, 5.74) is 5.22. The Hall–Kier alpha value is -3.65. The van der Waals surface area contributed by atoms with Crippen LogP contribution in [0.15, 0.2) is 75.8 Å². The first kappa shape index (κ1) is 31.3. The number of nitrogen functional groups attached to an aromatic ring is 1. The number of hydrogen-bond donors (Lipinski definition) is 2. The lowest BCUT2D eigenvalue weighted by atomic mass is 9.79. The summed E-state index contributed by atoms with van der Waals surface area (Å²) in [5, 5.41) is 11.4. The average Bonchev–Trinajstić information content (AvgIpc) is 3.46. The molecule has 0 saturated carbocycles. The largest absolute Gasteiger partial charge is 0.437 e. The molecule has 2 aromatic heterocycles. The molecule has 1 amide bonds. The number of ether oxygens (including phenoxy) is 1. The summed E-state index contributed by atoms with van der Waals surface area (Å²) in [7, 11) is 0. The van der Waals surface area contributed by atoms with E-state index in [2.05, 4.69) is 42.9 Å². The third-order valence-corrected chi connectivity index (χ3v) is 10.1. The Labute approximate surface area is 272 Å². The van der Waals surface area contributed by atoms with Gasteiger partial charge in [0, 0.05) is 49.1 Å². The summed E-state index contributed by atoms with van der Waals surface area (Å²) < 4.78 is 20.9. The number of likely N-dealkylation sites (tertiary alicyclic amines) is 2. The Morgan fingerprint density at radius 1 is 1.11 bits per heavy atom. The lowest BCUT2D eigenvalue weighted by Gasteiger charge is -2.43. The molecule has 0 radical (unpaired) electrons. The van der Waals surface area contributed by atoms with Crippen molar-refractivity contribution in [3.63, 3.8) is 0 Å². The smallest absolute Gasteiger partial charge is 0.280 e. The van der Waals surface area contributed by atoms with Crippen molar-refractivity contribution in [2.45, 2.75) is 43.9 Å². The highest BCUT2D eigenvalue weighted by atomic mass is 79.9. The fourth-order valence-corrected chi connectivity index (χ4v) is 7.63. The number of aliphatic hydroxyl groups is 1. The number of benzene rings is 2. The van der Waals surface area contributed by atoms with Gasteiger partial charge in [-0.2, -0.15) is 0 Å². The monoisotopic (exact) mass is 696 g/mol. The van der Waals surface area contributed by atoms with Crippen LogP contribution in [-0.4, -0.2) is 67.1 Å². The predicted molar refractivity (Wildman–Crippen MR) is 173 cm³/mol. The first-order chi connectivity index (χ1) is 21.7. The van der Waals surface area contributed by atoms with Gasteiger partial charge < -0.3 is 20.5 Å². The lowest BCUT2D eigenvalue weighted by molar-refractivity contribution is -0.142. The van der Waals surface area contributed by atoms with E-state index in [0.717, 1.165) is 35.5 Å². The maximum atomic E-state index is 14.0. The topological polar surface area (TPSA) is 127 Å². The van der Waals surface area contributed by atoms with E-state index in [1.807, 2.05) is 29.3 Å². The quantitative estimate of drug-likeness (QED) is 0.273. The van der Waals surface area contributed by atoms with Crippen molar-refractivity contribution in [1.82, 2.24) is 24.3 Å². The molecule has 2 aliphatic heterocycles. The normalized spacial score (nSPS) is 20.2. The van der Waals surface area contributed by atoms with Crippen LogP contribution < -0.4 is 16.0 Å². The second kappa shape index (κ2) is 13.4. The van der Waals surface area contributed by atoms with E-state index in [0.29, 0.717) is 25.9 Å². The summed E-state index contributed by atoms with van der Waals surface area (Å²) in [4.78, 5) is 40.9. The second-order valence-electron chi connectivity index (χ2n) is 11.7. The van der Waals surface area contributed by atoms with Crippen LogP contribution in [-0.2, 0) is 17.9 Å². The van der Waals surface area contributed by atoms with Crippen LogP contribution in [0.1, 0.15) is 35.6 Å². The van der Waals surface area contributed by atoms with E-state index in [1.54, 1.807) is 11.3 Å². The Morgan fingerprint density at radius 3 is 2.53 bits per heavy atom. The van der Waals surface area contributed by atoms with Gasteiger partial charge in [-0.05, 0) is 71.6 Å². The van der Waals surface area contributed by atoms with Crippen LogP contribution in [0.2, 0.25) is 0 Å². The maximum absolute atomic E-state index is 14.0. The molecule has 45 heavy (non-hydrogen) atoms. The Bertz CT molecular complexity index is 1690. The van der Waals surface area contributed by atoms with E-state index in [4.69, 9.17) is 10.5 Å². The third kappa shape index (κ3) is 7.27. The fraction of sp³-hybridized carbons (Fsp3) is 0.375. The highest BCUT2D eigenvalue weighted by Crippen LogP contribution is 2.36. The van der Waals surface area contributed by atoms with Gasteiger partial charge in [0.15, 0.2) is 9.60 Å².